The Balaban J connectivity index is 2.28. The van der Waals surface area contributed by atoms with Crippen molar-refractivity contribution in [2.75, 3.05) is 13.1 Å². The van der Waals surface area contributed by atoms with Crippen LogP contribution in [0, 0.1) is 13.1 Å². The molecule has 21 heavy (non-hydrogen) atoms. The summed E-state index contributed by atoms with van der Waals surface area (Å²) in [6, 6.07) is 3.52. The number of phenolic OH excluding ortho intramolecular Hbond substituents is 1. The number of hydrogen-bond acceptors (Lipinski definition) is 3. The maximum atomic E-state index is 12.5. The molecule has 1 aromatic rings. The second-order valence-corrected chi connectivity index (χ2v) is 8.17. The summed E-state index contributed by atoms with van der Waals surface area (Å²) in [6.07, 6.45) is 1.72. The minimum Gasteiger partial charge on any atom is -0.506 e. The lowest BCUT2D eigenvalue weighted by atomic mass is 9.81. The van der Waals surface area contributed by atoms with Gasteiger partial charge in [-0.25, -0.2) is 4.79 Å². The number of hydrogen-bond donors (Lipinski definition) is 2. The van der Waals surface area contributed by atoms with Crippen LogP contribution in [0.2, 0.25) is 0 Å². The second-order valence-electron chi connectivity index (χ2n) is 5.76. The first-order valence-electron chi connectivity index (χ1n) is 7.09. The van der Waals surface area contributed by atoms with E-state index in [2.05, 4.69) is 41.8 Å². The van der Waals surface area contributed by atoms with E-state index >= 15 is 0 Å². The molecule has 0 atom stereocenters. The summed E-state index contributed by atoms with van der Waals surface area (Å²) in [5.74, 6) is -0.138. The molecule has 1 aromatic carbocycles. The molecule has 1 heterocycles. The number of esters is 1. The normalized spacial score (nSPS) is 17.8. The van der Waals surface area contributed by atoms with Gasteiger partial charge in [-0.05, 0) is 63.2 Å². The number of quaternary nitrogens is 1. The molecular formula is C15H20I2NO3+. The maximum Gasteiger partial charge on any atom is 0.342 e. The predicted molar refractivity (Wildman–Crippen MR) is 97.4 cm³/mol. The van der Waals surface area contributed by atoms with Crippen molar-refractivity contribution in [1.29, 1.82) is 0 Å². The van der Waals surface area contributed by atoms with Gasteiger partial charge in [0.15, 0.2) is 0 Å². The Morgan fingerprint density at radius 3 is 2.52 bits per heavy atom. The third kappa shape index (κ3) is 3.82. The Bertz CT molecular complexity index is 540. The molecule has 1 aliphatic rings. The third-order valence-corrected chi connectivity index (χ3v) is 5.58. The molecule has 0 spiro atoms. The van der Waals surface area contributed by atoms with Crippen molar-refractivity contribution in [2.24, 2.45) is 5.92 Å². The summed E-state index contributed by atoms with van der Waals surface area (Å²) in [5, 5.41) is 12.4. The Morgan fingerprint density at radius 1 is 1.33 bits per heavy atom. The van der Waals surface area contributed by atoms with Gasteiger partial charge in [0.05, 0.1) is 16.7 Å². The van der Waals surface area contributed by atoms with E-state index in [0.29, 0.717) is 3.57 Å². The molecule has 0 radical (unpaired) electrons. The summed E-state index contributed by atoms with van der Waals surface area (Å²) in [4.78, 5) is 12.5. The largest absolute Gasteiger partial charge is 0.506 e. The van der Waals surface area contributed by atoms with Crippen molar-refractivity contribution in [3.05, 3.63) is 24.8 Å². The maximum absolute atomic E-state index is 12.5. The van der Waals surface area contributed by atoms with E-state index in [9.17, 15) is 9.90 Å². The van der Waals surface area contributed by atoms with Crippen molar-refractivity contribution in [1.82, 2.24) is 0 Å². The molecule has 2 rings (SSSR count). The van der Waals surface area contributed by atoms with Crippen LogP contribution in [-0.2, 0) is 4.74 Å². The number of carbonyl (C=O) groups excluding carboxylic acids is 1. The number of aromatic hydroxyl groups is 1. The van der Waals surface area contributed by atoms with Gasteiger partial charge in [-0.1, -0.05) is 13.8 Å². The molecule has 6 heteroatoms. The summed E-state index contributed by atoms with van der Waals surface area (Å²) in [5.41, 5.74) is -0.147. The SMILES string of the molecule is CC(C)C1(OC(=O)c2cc(I)cc(I)c2O)CC[NH2+]CC1. The standard InChI is InChI=1S/C15H19I2NO3/c1-9(2)15(3-5-18-6-4-15)21-14(20)11-7-10(16)8-12(17)13(11)19/h7-9,18-19H,3-6H2,1-2H3/p+1. The van der Waals surface area contributed by atoms with Gasteiger partial charge in [0.25, 0.3) is 0 Å². The molecule has 0 aliphatic carbocycles. The van der Waals surface area contributed by atoms with Crippen molar-refractivity contribution in [2.45, 2.75) is 32.3 Å². The molecule has 116 valence electrons. The van der Waals surface area contributed by atoms with E-state index in [1.807, 2.05) is 28.7 Å². The topological polar surface area (TPSA) is 63.1 Å². The molecule has 3 N–H and O–H groups in total. The van der Waals surface area contributed by atoms with Gasteiger partial charge in [-0.2, -0.15) is 0 Å². The van der Waals surface area contributed by atoms with Crippen LogP contribution < -0.4 is 5.32 Å². The van der Waals surface area contributed by atoms with Crippen molar-refractivity contribution in [3.8, 4) is 5.75 Å². The fourth-order valence-corrected chi connectivity index (χ4v) is 4.57. The summed E-state index contributed by atoms with van der Waals surface area (Å²) >= 11 is 4.17. The average Bonchev–Trinajstić information content (AvgIpc) is 2.43. The van der Waals surface area contributed by atoms with Gasteiger partial charge in [0.2, 0.25) is 0 Å². The van der Waals surface area contributed by atoms with E-state index < -0.39 is 11.6 Å². The zero-order chi connectivity index (χ0) is 15.6. The van der Waals surface area contributed by atoms with Crippen LogP contribution in [0.3, 0.4) is 0 Å². The number of phenols is 1. The molecule has 0 amide bonds. The van der Waals surface area contributed by atoms with E-state index in [4.69, 9.17) is 4.74 Å². The number of piperidine rings is 1. The summed E-state index contributed by atoms with van der Waals surface area (Å²) in [6.45, 7) is 6.14. The van der Waals surface area contributed by atoms with Crippen LogP contribution in [0.5, 0.6) is 5.75 Å². The Labute approximate surface area is 152 Å². The molecule has 1 aliphatic heterocycles. The van der Waals surface area contributed by atoms with E-state index in [1.54, 1.807) is 6.07 Å². The number of halogens is 2. The first-order valence-corrected chi connectivity index (χ1v) is 9.24. The summed E-state index contributed by atoms with van der Waals surface area (Å²) in [7, 11) is 0. The van der Waals surface area contributed by atoms with Crippen LogP contribution >= 0.6 is 45.2 Å². The lowest BCUT2D eigenvalue weighted by Crippen LogP contribution is -2.88. The van der Waals surface area contributed by atoms with Gasteiger partial charge < -0.3 is 15.2 Å². The number of rotatable bonds is 3. The fraction of sp³-hybridized carbons (Fsp3) is 0.533. The van der Waals surface area contributed by atoms with Crippen LogP contribution in [0.1, 0.15) is 37.0 Å². The van der Waals surface area contributed by atoms with Gasteiger partial charge in [0, 0.05) is 16.4 Å². The van der Waals surface area contributed by atoms with Gasteiger partial charge in [-0.15, -0.1) is 0 Å². The number of ether oxygens (including phenoxy) is 1. The van der Waals surface area contributed by atoms with Crippen LogP contribution in [-0.4, -0.2) is 29.8 Å². The minimum atomic E-state index is -0.417. The van der Waals surface area contributed by atoms with Gasteiger partial charge >= 0.3 is 5.97 Å². The molecule has 0 aromatic heterocycles. The summed E-state index contributed by atoms with van der Waals surface area (Å²) < 4.78 is 7.47. The van der Waals surface area contributed by atoms with Gasteiger partial charge in [-0.3, -0.25) is 0 Å². The second kappa shape index (κ2) is 6.99. The van der Waals surface area contributed by atoms with Crippen LogP contribution in [0.15, 0.2) is 12.1 Å². The number of carbonyl (C=O) groups is 1. The smallest absolute Gasteiger partial charge is 0.342 e. The lowest BCUT2D eigenvalue weighted by Gasteiger charge is -2.38. The molecule has 0 bridgehead atoms. The first kappa shape index (κ1) is 17.3. The van der Waals surface area contributed by atoms with E-state index in [0.717, 1.165) is 29.5 Å². The highest BCUT2D eigenvalue weighted by molar-refractivity contribution is 14.1. The van der Waals surface area contributed by atoms with Crippen LogP contribution in [0.25, 0.3) is 0 Å². The van der Waals surface area contributed by atoms with E-state index in [-0.39, 0.29) is 17.2 Å². The van der Waals surface area contributed by atoms with E-state index in [1.165, 1.54) is 0 Å². The predicted octanol–water partition coefficient (Wildman–Crippen LogP) is 2.51. The highest BCUT2D eigenvalue weighted by Gasteiger charge is 2.41. The monoisotopic (exact) mass is 516 g/mol. The highest BCUT2D eigenvalue weighted by atomic mass is 127. The molecule has 0 unspecified atom stereocenters. The highest BCUT2D eigenvalue weighted by Crippen LogP contribution is 2.34. The Kier molecular flexibility index (Phi) is 5.75. The molecule has 1 saturated heterocycles. The van der Waals surface area contributed by atoms with Gasteiger partial charge in [0.1, 0.15) is 16.9 Å². The first-order chi connectivity index (χ1) is 9.85. The molecule has 0 saturated carbocycles. The molecular weight excluding hydrogens is 496 g/mol. The molecule has 1 fully saturated rings. The zero-order valence-corrected chi connectivity index (χ0v) is 16.5. The number of benzene rings is 1. The van der Waals surface area contributed by atoms with Crippen molar-refractivity contribution >= 4 is 51.2 Å². The molecule has 4 nitrogen and oxygen atoms in total. The number of nitrogens with two attached hydrogens (primary N) is 1. The average molecular weight is 516 g/mol. The van der Waals surface area contributed by atoms with Crippen LogP contribution in [0.4, 0.5) is 0 Å². The fourth-order valence-electron chi connectivity index (χ4n) is 2.72. The van der Waals surface area contributed by atoms with Crippen molar-refractivity contribution in [3.63, 3.8) is 0 Å². The quantitative estimate of drug-likeness (QED) is 0.480. The zero-order valence-electron chi connectivity index (χ0n) is 12.2. The minimum absolute atomic E-state index is 0.0160. The lowest BCUT2D eigenvalue weighted by molar-refractivity contribution is -0.668. The Morgan fingerprint density at radius 2 is 1.95 bits per heavy atom. The third-order valence-electron chi connectivity index (χ3n) is 4.14. The van der Waals surface area contributed by atoms with Crippen molar-refractivity contribution < 1.29 is 20.0 Å². The Hall–Kier alpha value is -0.0900.